The smallest absolute Gasteiger partial charge is 0.198 e. The Balaban J connectivity index is 1.57. The summed E-state index contributed by atoms with van der Waals surface area (Å²) >= 11 is 4.85. The standard InChI is InChI=1S/C24H26N4O2S3/c1-4-11-31-22-25-21-19(16-12-24(3,5-2)30-13-18(16)33-21)20-26-27-23(28(20)22)32-14-17(29)15-9-7-6-8-10-15/h6-10H,4-5,11-14H2,1-3H3. The van der Waals surface area contributed by atoms with Crippen LogP contribution in [0.4, 0.5) is 0 Å². The summed E-state index contributed by atoms with van der Waals surface area (Å²) in [4.78, 5) is 20.0. The summed E-state index contributed by atoms with van der Waals surface area (Å²) < 4.78 is 8.24. The third kappa shape index (κ3) is 4.32. The van der Waals surface area contributed by atoms with E-state index in [2.05, 4.69) is 35.4 Å². The number of ether oxygens (including phenoxy) is 1. The molecule has 0 amide bonds. The second-order valence-electron chi connectivity index (χ2n) is 8.42. The van der Waals surface area contributed by atoms with Crippen LogP contribution in [0.2, 0.25) is 0 Å². The van der Waals surface area contributed by atoms with Crippen LogP contribution < -0.4 is 0 Å². The lowest BCUT2D eigenvalue weighted by molar-refractivity contribution is -0.0542. The van der Waals surface area contributed by atoms with Gasteiger partial charge in [0.15, 0.2) is 21.7 Å². The lowest BCUT2D eigenvalue weighted by Gasteiger charge is -2.33. The lowest BCUT2D eigenvalue weighted by Crippen LogP contribution is -2.33. The largest absolute Gasteiger partial charge is 0.369 e. The summed E-state index contributed by atoms with van der Waals surface area (Å²) in [6, 6.07) is 9.39. The predicted molar refractivity (Wildman–Crippen MR) is 136 cm³/mol. The fourth-order valence-corrected chi connectivity index (χ4v) is 6.85. The Morgan fingerprint density at radius 2 is 2.00 bits per heavy atom. The van der Waals surface area contributed by atoms with Crippen LogP contribution in [-0.4, -0.2) is 42.5 Å². The Morgan fingerprint density at radius 1 is 1.18 bits per heavy atom. The molecule has 3 aromatic heterocycles. The first kappa shape index (κ1) is 22.8. The summed E-state index contributed by atoms with van der Waals surface area (Å²) in [5, 5.41) is 11.8. The number of carbonyl (C=O) groups excluding carboxylic acids is 1. The Morgan fingerprint density at radius 3 is 2.76 bits per heavy atom. The van der Waals surface area contributed by atoms with E-state index in [9.17, 15) is 4.79 Å². The third-order valence-corrected chi connectivity index (χ3v) is 9.20. The molecule has 0 aliphatic carbocycles. The lowest BCUT2D eigenvalue weighted by atomic mass is 9.90. The van der Waals surface area contributed by atoms with Crippen molar-refractivity contribution in [3.8, 4) is 0 Å². The van der Waals surface area contributed by atoms with E-state index in [0.717, 1.165) is 46.0 Å². The molecule has 0 spiro atoms. The second kappa shape index (κ2) is 9.37. The van der Waals surface area contributed by atoms with Crippen LogP contribution in [0, 0.1) is 0 Å². The van der Waals surface area contributed by atoms with Gasteiger partial charge in [-0.2, -0.15) is 0 Å². The van der Waals surface area contributed by atoms with Gasteiger partial charge in [0.1, 0.15) is 4.83 Å². The zero-order chi connectivity index (χ0) is 23.0. The summed E-state index contributed by atoms with van der Waals surface area (Å²) in [6.45, 7) is 7.12. The van der Waals surface area contributed by atoms with Crippen LogP contribution in [0.1, 0.15) is 54.4 Å². The van der Waals surface area contributed by atoms with Gasteiger partial charge in [0.05, 0.1) is 23.3 Å². The molecule has 33 heavy (non-hydrogen) atoms. The number of thiophene rings is 1. The van der Waals surface area contributed by atoms with E-state index in [4.69, 9.17) is 9.72 Å². The van der Waals surface area contributed by atoms with Crippen molar-refractivity contribution in [1.29, 1.82) is 0 Å². The van der Waals surface area contributed by atoms with Crippen molar-refractivity contribution >= 4 is 56.5 Å². The van der Waals surface area contributed by atoms with Gasteiger partial charge in [-0.3, -0.25) is 4.79 Å². The first-order valence-electron chi connectivity index (χ1n) is 11.2. The molecule has 0 N–H and O–H groups in total. The molecule has 1 aromatic carbocycles. The molecule has 0 bridgehead atoms. The van der Waals surface area contributed by atoms with E-state index in [-0.39, 0.29) is 11.4 Å². The quantitative estimate of drug-likeness (QED) is 0.166. The maximum Gasteiger partial charge on any atom is 0.198 e. The van der Waals surface area contributed by atoms with Gasteiger partial charge < -0.3 is 4.74 Å². The maximum atomic E-state index is 12.7. The zero-order valence-corrected chi connectivity index (χ0v) is 21.4. The van der Waals surface area contributed by atoms with Gasteiger partial charge in [0, 0.05) is 22.6 Å². The predicted octanol–water partition coefficient (Wildman–Crippen LogP) is 6.06. The van der Waals surface area contributed by atoms with Gasteiger partial charge in [-0.05, 0) is 25.3 Å². The fraction of sp³-hybridized carbons (Fsp3) is 0.417. The molecule has 4 heterocycles. The van der Waals surface area contributed by atoms with Crippen LogP contribution >= 0.6 is 34.9 Å². The molecule has 4 aromatic rings. The van der Waals surface area contributed by atoms with Gasteiger partial charge in [-0.15, -0.1) is 21.5 Å². The van der Waals surface area contributed by atoms with E-state index in [0.29, 0.717) is 23.1 Å². The number of hydrogen-bond acceptors (Lipinski definition) is 8. The first-order valence-corrected chi connectivity index (χ1v) is 14.0. The molecule has 0 saturated heterocycles. The van der Waals surface area contributed by atoms with Gasteiger partial charge >= 0.3 is 0 Å². The Kier molecular flexibility index (Phi) is 6.48. The molecule has 1 aliphatic rings. The number of aromatic nitrogens is 4. The molecule has 5 rings (SSSR count). The molecule has 0 saturated carbocycles. The summed E-state index contributed by atoms with van der Waals surface area (Å²) in [7, 11) is 0. The highest BCUT2D eigenvalue weighted by molar-refractivity contribution is 8.00. The van der Waals surface area contributed by atoms with Crippen LogP contribution in [0.5, 0.6) is 0 Å². The van der Waals surface area contributed by atoms with Gasteiger partial charge in [0.2, 0.25) is 0 Å². The normalized spacial score (nSPS) is 18.2. The topological polar surface area (TPSA) is 69.4 Å². The number of nitrogens with zero attached hydrogens (tertiary/aromatic N) is 4. The molecular formula is C24H26N4O2S3. The number of thioether (sulfide) groups is 2. The van der Waals surface area contributed by atoms with E-state index in [1.54, 1.807) is 23.1 Å². The molecule has 1 unspecified atom stereocenters. The Labute approximate surface area is 205 Å². The molecule has 1 aliphatic heterocycles. The highest BCUT2D eigenvalue weighted by Crippen LogP contribution is 2.42. The average molecular weight is 499 g/mol. The number of fused-ring (bicyclic) bond motifs is 5. The molecule has 0 fully saturated rings. The van der Waals surface area contributed by atoms with Gasteiger partial charge in [-0.25, -0.2) is 9.38 Å². The van der Waals surface area contributed by atoms with Crippen molar-refractivity contribution in [2.24, 2.45) is 0 Å². The summed E-state index contributed by atoms with van der Waals surface area (Å²) in [5.74, 6) is 1.35. The first-order chi connectivity index (χ1) is 16.0. The van der Waals surface area contributed by atoms with Crippen molar-refractivity contribution in [1.82, 2.24) is 19.6 Å². The molecular weight excluding hydrogens is 472 g/mol. The molecule has 9 heteroatoms. The summed E-state index contributed by atoms with van der Waals surface area (Å²) in [5.41, 5.74) is 2.67. The number of Topliss-reactive ketones (excluding diaryl/α,β-unsaturated/α-hetero) is 1. The molecule has 1 atom stereocenters. The number of ketones is 1. The van der Waals surface area contributed by atoms with E-state index in [1.165, 1.54) is 22.2 Å². The third-order valence-electron chi connectivity index (χ3n) is 6.03. The SMILES string of the molecule is CCCSc1nc2sc3c(c2c2nnc(SCC(=O)c4ccccc4)n12)CC(C)(CC)OC3. The van der Waals surface area contributed by atoms with Gasteiger partial charge in [0.25, 0.3) is 0 Å². The fourth-order valence-electron chi connectivity index (χ4n) is 3.96. The second-order valence-corrected chi connectivity index (χ2v) is 11.5. The van der Waals surface area contributed by atoms with Crippen LogP contribution in [0.3, 0.4) is 0 Å². The minimum Gasteiger partial charge on any atom is -0.369 e. The Bertz CT molecular complexity index is 1320. The van der Waals surface area contributed by atoms with Crippen molar-refractivity contribution < 1.29 is 9.53 Å². The summed E-state index contributed by atoms with van der Waals surface area (Å²) in [6.07, 6.45) is 2.85. The monoisotopic (exact) mass is 498 g/mol. The molecule has 172 valence electrons. The van der Waals surface area contributed by atoms with E-state index < -0.39 is 0 Å². The number of benzene rings is 1. The zero-order valence-electron chi connectivity index (χ0n) is 19.0. The molecule has 0 radical (unpaired) electrons. The average Bonchev–Trinajstić information content (AvgIpc) is 3.42. The van der Waals surface area contributed by atoms with Gasteiger partial charge in [-0.1, -0.05) is 67.7 Å². The van der Waals surface area contributed by atoms with Crippen molar-refractivity contribution in [2.75, 3.05) is 11.5 Å². The number of carbonyl (C=O) groups is 1. The number of hydrogen-bond donors (Lipinski definition) is 0. The van der Waals surface area contributed by atoms with Crippen LogP contribution in [-0.2, 0) is 17.8 Å². The van der Waals surface area contributed by atoms with Crippen molar-refractivity contribution in [3.05, 3.63) is 46.3 Å². The van der Waals surface area contributed by atoms with Crippen LogP contribution in [0.25, 0.3) is 15.9 Å². The van der Waals surface area contributed by atoms with Crippen LogP contribution in [0.15, 0.2) is 40.6 Å². The van der Waals surface area contributed by atoms with E-state index >= 15 is 0 Å². The minimum atomic E-state index is -0.173. The van der Waals surface area contributed by atoms with Crippen molar-refractivity contribution in [2.45, 2.75) is 62.6 Å². The minimum absolute atomic E-state index is 0.0814. The van der Waals surface area contributed by atoms with E-state index in [1.807, 2.05) is 30.3 Å². The highest BCUT2D eigenvalue weighted by atomic mass is 32.2. The highest BCUT2D eigenvalue weighted by Gasteiger charge is 2.33. The molecule has 6 nitrogen and oxygen atoms in total. The number of rotatable bonds is 8. The Hall–Kier alpha value is -1.94. The maximum absolute atomic E-state index is 12.7. The van der Waals surface area contributed by atoms with Crippen molar-refractivity contribution in [3.63, 3.8) is 0 Å².